The SMILES string of the molecule is COc1ccc(C(=O)N/C(=C\c2cccs2)C(=O)NCCc2ccc(F)cc2)cc1. The zero-order chi connectivity index (χ0) is 21.3. The normalized spacial score (nSPS) is 11.1. The molecule has 0 aliphatic rings. The number of halogens is 1. The van der Waals surface area contributed by atoms with Gasteiger partial charge in [-0.1, -0.05) is 18.2 Å². The summed E-state index contributed by atoms with van der Waals surface area (Å²) in [7, 11) is 1.55. The molecule has 1 aromatic heterocycles. The number of hydrogen-bond donors (Lipinski definition) is 2. The molecule has 0 fully saturated rings. The second kappa shape index (κ2) is 10.4. The molecule has 0 saturated carbocycles. The molecule has 5 nitrogen and oxygen atoms in total. The number of hydrogen-bond acceptors (Lipinski definition) is 4. The first-order valence-corrected chi connectivity index (χ1v) is 10.2. The molecule has 0 atom stereocenters. The monoisotopic (exact) mass is 424 g/mol. The average Bonchev–Trinajstić information content (AvgIpc) is 3.28. The van der Waals surface area contributed by atoms with Crippen LogP contribution < -0.4 is 15.4 Å². The minimum absolute atomic E-state index is 0.150. The van der Waals surface area contributed by atoms with Crippen LogP contribution in [-0.4, -0.2) is 25.5 Å². The van der Waals surface area contributed by atoms with Crippen molar-refractivity contribution in [1.82, 2.24) is 10.6 Å². The summed E-state index contributed by atoms with van der Waals surface area (Å²) in [6, 6.07) is 16.5. The highest BCUT2D eigenvalue weighted by Gasteiger charge is 2.15. The van der Waals surface area contributed by atoms with Gasteiger partial charge in [0.15, 0.2) is 0 Å². The fourth-order valence-corrected chi connectivity index (χ4v) is 3.33. The molecule has 2 aromatic carbocycles. The summed E-state index contributed by atoms with van der Waals surface area (Å²) in [5.74, 6) is -0.453. The second-order valence-electron chi connectivity index (χ2n) is 6.39. The Labute approximate surface area is 178 Å². The molecule has 2 amide bonds. The topological polar surface area (TPSA) is 67.4 Å². The summed E-state index contributed by atoms with van der Waals surface area (Å²) < 4.78 is 18.1. The Morgan fingerprint density at radius 2 is 1.80 bits per heavy atom. The Kier molecular flexibility index (Phi) is 7.34. The molecular formula is C23H21FN2O3S. The van der Waals surface area contributed by atoms with Gasteiger partial charge in [0.05, 0.1) is 7.11 Å². The predicted octanol–water partition coefficient (Wildman–Crippen LogP) is 4.03. The quantitative estimate of drug-likeness (QED) is 0.537. The molecule has 0 aliphatic heterocycles. The third-order valence-corrected chi connectivity index (χ3v) is 5.11. The summed E-state index contributed by atoms with van der Waals surface area (Å²) in [5.41, 5.74) is 1.46. The number of thiophene rings is 1. The zero-order valence-corrected chi connectivity index (χ0v) is 17.2. The van der Waals surface area contributed by atoms with Crippen LogP contribution in [0.15, 0.2) is 71.7 Å². The van der Waals surface area contributed by atoms with Crippen LogP contribution in [0.4, 0.5) is 4.39 Å². The van der Waals surface area contributed by atoms with Crippen molar-refractivity contribution in [2.75, 3.05) is 13.7 Å². The van der Waals surface area contributed by atoms with Gasteiger partial charge in [0.25, 0.3) is 11.8 Å². The van der Waals surface area contributed by atoms with Crippen molar-refractivity contribution < 1.29 is 18.7 Å². The van der Waals surface area contributed by atoms with E-state index in [9.17, 15) is 14.0 Å². The molecule has 2 N–H and O–H groups in total. The number of nitrogens with one attached hydrogen (secondary N) is 2. The van der Waals surface area contributed by atoms with Crippen LogP contribution in [0.5, 0.6) is 5.75 Å². The highest BCUT2D eigenvalue weighted by molar-refractivity contribution is 7.10. The first-order chi connectivity index (χ1) is 14.5. The van der Waals surface area contributed by atoms with Gasteiger partial charge in [-0.05, 0) is 65.9 Å². The fraction of sp³-hybridized carbons (Fsp3) is 0.130. The first-order valence-electron chi connectivity index (χ1n) is 9.28. The van der Waals surface area contributed by atoms with Gasteiger partial charge in [-0.3, -0.25) is 9.59 Å². The van der Waals surface area contributed by atoms with E-state index in [-0.39, 0.29) is 11.5 Å². The van der Waals surface area contributed by atoms with Crippen LogP contribution in [0, 0.1) is 5.82 Å². The molecule has 0 aliphatic carbocycles. The molecule has 7 heteroatoms. The van der Waals surface area contributed by atoms with Gasteiger partial charge in [0, 0.05) is 17.0 Å². The molecule has 3 aromatic rings. The minimum atomic E-state index is -0.396. The van der Waals surface area contributed by atoms with Crippen LogP contribution in [0.25, 0.3) is 6.08 Å². The molecule has 30 heavy (non-hydrogen) atoms. The molecular weight excluding hydrogens is 403 g/mol. The molecule has 0 saturated heterocycles. The standard InChI is InChI=1S/C23H21FN2O3S/c1-29-19-10-6-17(7-11-19)22(27)26-21(15-20-3-2-14-30-20)23(28)25-13-12-16-4-8-18(24)9-5-16/h2-11,14-15H,12-13H2,1H3,(H,25,28)(H,26,27)/b21-15-. The molecule has 0 spiro atoms. The summed E-state index contributed by atoms with van der Waals surface area (Å²) in [4.78, 5) is 26.2. The maximum Gasteiger partial charge on any atom is 0.267 e. The van der Waals surface area contributed by atoms with Crippen molar-refractivity contribution in [3.63, 3.8) is 0 Å². The van der Waals surface area contributed by atoms with Crippen molar-refractivity contribution in [3.05, 3.63) is 93.6 Å². The van der Waals surface area contributed by atoms with Crippen LogP contribution in [0.2, 0.25) is 0 Å². The number of ether oxygens (including phenoxy) is 1. The summed E-state index contributed by atoms with van der Waals surface area (Å²) in [5, 5.41) is 7.38. The van der Waals surface area contributed by atoms with Gasteiger partial charge in [-0.25, -0.2) is 4.39 Å². The fourth-order valence-electron chi connectivity index (χ4n) is 2.68. The number of rotatable bonds is 8. The van der Waals surface area contributed by atoms with E-state index in [1.807, 2.05) is 17.5 Å². The van der Waals surface area contributed by atoms with Gasteiger partial charge in [0.2, 0.25) is 0 Å². The van der Waals surface area contributed by atoms with Crippen molar-refractivity contribution >= 4 is 29.2 Å². The largest absolute Gasteiger partial charge is 0.497 e. The van der Waals surface area contributed by atoms with E-state index in [0.717, 1.165) is 10.4 Å². The Hall–Kier alpha value is -3.45. The van der Waals surface area contributed by atoms with E-state index < -0.39 is 11.8 Å². The van der Waals surface area contributed by atoms with Crippen molar-refractivity contribution in [3.8, 4) is 5.75 Å². The number of amides is 2. The van der Waals surface area contributed by atoms with Gasteiger partial charge >= 0.3 is 0 Å². The lowest BCUT2D eigenvalue weighted by atomic mass is 10.1. The van der Waals surface area contributed by atoms with Crippen molar-refractivity contribution in [1.29, 1.82) is 0 Å². The molecule has 0 unspecified atom stereocenters. The van der Waals surface area contributed by atoms with E-state index in [2.05, 4.69) is 10.6 Å². The lowest BCUT2D eigenvalue weighted by Crippen LogP contribution is -2.35. The van der Waals surface area contributed by atoms with E-state index >= 15 is 0 Å². The number of methoxy groups -OCH3 is 1. The minimum Gasteiger partial charge on any atom is -0.497 e. The van der Waals surface area contributed by atoms with E-state index in [1.165, 1.54) is 23.5 Å². The second-order valence-corrected chi connectivity index (χ2v) is 7.37. The molecule has 0 radical (unpaired) electrons. The molecule has 3 rings (SSSR count). The highest BCUT2D eigenvalue weighted by Crippen LogP contribution is 2.15. The third-order valence-electron chi connectivity index (χ3n) is 4.29. The van der Waals surface area contributed by atoms with Gasteiger partial charge < -0.3 is 15.4 Å². The van der Waals surface area contributed by atoms with Crippen LogP contribution in [-0.2, 0) is 11.2 Å². The summed E-state index contributed by atoms with van der Waals surface area (Å²) in [6.07, 6.45) is 2.18. The number of carbonyl (C=O) groups is 2. The van der Waals surface area contributed by atoms with Crippen molar-refractivity contribution in [2.24, 2.45) is 0 Å². The highest BCUT2D eigenvalue weighted by atomic mass is 32.1. The third kappa shape index (κ3) is 6.02. The van der Waals surface area contributed by atoms with Crippen molar-refractivity contribution in [2.45, 2.75) is 6.42 Å². The smallest absolute Gasteiger partial charge is 0.267 e. The summed E-state index contributed by atoms with van der Waals surface area (Å²) >= 11 is 1.46. The van der Waals surface area contributed by atoms with Crippen LogP contribution >= 0.6 is 11.3 Å². The van der Waals surface area contributed by atoms with E-state index in [1.54, 1.807) is 49.6 Å². The Morgan fingerprint density at radius 3 is 2.43 bits per heavy atom. The molecule has 0 bridgehead atoms. The van der Waals surface area contributed by atoms with Gasteiger partial charge in [-0.2, -0.15) is 0 Å². The Bertz CT molecular complexity index is 1010. The zero-order valence-electron chi connectivity index (χ0n) is 16.4. The number of carbonyl (C=O) groups excluding carboxylic acids is 2. The molecule has 1 heterocycles. The lowest BCUT2D eigenvalue weighted by Gasteiger charge is -2.11. The Morgan fingerprint density at radius 1 is 1.07 bits per heavy atom. The molecule has 154 valence electrons. The average molecular weight is 424 g/mol. The van der Waals surface area contributed by atoms with E-state index in [0.29, 0.717) is 24.3 Å². The van der Waals surface area contributed by atoms with Gasteiger partial charge in [0.1, 0.15) is 17.3 Å². The summed E-state index contributed by atoms with van der Waals surface area (Å²) in [6.45, 7) is 0.352. The van der Waals surface area contributed by atoms with E-state index in [4.69, 9.17) is 4.74 Å². The van der Waals surface area contributed by atoms with Crippen LogP contribution in [0.1, 0.15) is 20.8 Å². The maximum absolute atomic E-state index is 13.0. The Balaban J connectivity index is 1.67. The predicted molar refractivity (Wildman–Crippen MR) is 116 cm³/mol. The number of benzene rings is 2. The maximum atomic E-state index is 13.0. The van der Waals surface area contributed by atoms with Crippen LogP contribution in [0.3, 0.4) is 0 Å². The first kappa shape index (κ1) is 21.3. The van der Waals surface area contributed by atoms with Gasteiger partial charge in [-0.15, -0.1) is 11.3 Å². The lowest BCUT2D eigenvalue weighted by molar-refractivity contribution is -0.117.